The van der Waals surface area contributed by atoms with Crippen molar-refractivity contribution in [3.8, 4) is 5.75 Å². The molecule has 0 aliphatic carbocycles. The van der Waals surface area contributed by atoms with E-state index in [0.29, 0.717) is 24.5 Å². The van der Waals surface area contributed by atoms with Gasteiger partial charge in [0.15, 0.2) is 0 Å². The Labute approximate surface area is 168 Å². The maximum absolute atomic E-state index is 12.9. The Bertz CT molecular complexity index is 909. The smallest absolute Gasteiger partial charge is 0.251 e. The van der Waals surface area contributed by atoms with E-state index in [0.717, 1.165) is 35.5 Å². The normalized spacial score (nSPS) is 10.6. The number of carbonyl (C=O) groups excluding carboxylic acids is 1. The molecule has 0 unspecified atom stereocenters. The average Bonchev–Trinajstić information content (AvgIpc) is 3.12. The van der Waals surface area contributed by atoms with Crippen LogP contribution in [-0.2, 0) is 13.0 Å². The highest BCUT2D eigenvalue weighted by Crippen LogP contribution is 2.16. The third-order valence-corrected chi connectivity index (χ3v) is 5.21. The number of ether oxygens (including phenoxy) is 1. The zero-order valence-corrected chi connectivity index (χ0v) is 16.6. The zero-order valence-electron chi connectivity index (χ0n) is 15.8. The monoisotopic (exact) mass is 398 g/mol. The number of rotatable bonds is 9. The van der Waals surface area contributed by atoms with Gasteiger partial charge in [-0.3, -0.25) is 4.79 Å². The molecule has 0 aliphatic rings. The molecule has 1 heterocycles. The molecule has 0 fully saturated rings. The summed E-state index contributed by atoms with van der Waals surface area (Å²) in [6.45, 7) is 2.95. The van der Waals surface area contributed by atoms with Crippen LogP contribution in [0.1, 0.15) is 39.5 Å². The molecular formula is C22H23FN2O2S. The molecule has 1 N–H and O–H groups in total. The number of amides is 1. The first-order valence-corrected chi connectivity index (χ1v) is 10.1. The number of thiazole rings is 1. The van der Waals surface area contributed by atoms with Crippen molar-refractivity contribution in [2.75, 3.05) is 6.54 Å². The van der Waals surface area contributed by atoms with Crippen LogP contribution < -0.4 is 10.1 Å². The van der Waals surface area contributed by atoms with Crippen molar-refractivity contribution in [2.45, 2.75) is 32.8 Å². The van der Waals surface area contributed by atoms with Crippen LogP contribution in [0.2, 0.25) is 0 Å². The Balaban J connectivity index is 1.42. The fourth-order valence-corrected chi connectivity index (χ4v) is 3.52. The summed E-state index contributed by atoms with van der Waals surface area (Å²) >= 11 is 1.69. The Morgan fingerprint density at radius 1 is 1.18 bits per heavy atom. The number of hydrogen-bond acceptors (Lipinski definition) is 4. The lowest BCUT2D eigenvalue weighted by atomic mass is 10.2. The van der Waals surface area contributed by atoms with Crippen LogP contribution in [0.5, 0.6) is 5.75 Å². The molecule has 0 atom stereocenters. The summed E-state index contributed by atoms with van der Waals surface area (Å²) in [5, 5.41) is 6.15. The minimum atomic E-state index is -0.274. The van der Waals surface area contributed by atoms with Crippen molar-refractivity contribution < 1.29 is 13.9 Å². The van der Waals surface area contributed by atoms with Gasteiger partial charge >= 0.3 is 0 Å². The predicted molar refractivity (Wildman–Crippen MR) is 109 cm³/mol. The molecule has 146 valence electrons. The number of carbonyl (C=O) groups is 1. The van der Waals surface area contributed by atoms with Gasteiger partial charge in [-0.25, -0.2) is 9.37 Å². The lowest BCUT2D eigenvalue weighted by Gasteiger charge is -2.09. The third-order valence-electron chi connectivity index (χ3n) is 4.18. The summed E-state index contributed by atoms with van der Waals surface area (Å²) in [5.74, 6) is 0.220. The van der Waals surface area contributed by atoms with Crippen LogP contribution in [0, 0.1) is 12.7 Å². The van der Waals surface area contributed by atoms with Crippen LogP contribution in [-0.4, -0.2) is 17.4 Å². The number of aromatic nitrogens is 1. The number of nitrogens with zero attached hydrogens (tertiary/aromatic N) is 1. The van der Waals surface area contributed by atoms with E-state index in [-0.39, 0.29) is 11.7 Å². The second kappa shape index (κ2) is 9.99. The first-order chi connectivity index (χ1) is 13.6. The Morgan fingerprint density at radius 3 is 2.75 bits per heavy atom. The molecule has 28 heavy (non-hydrogen) atoms. The van der Waals surface area contributed by atoms with Crippen molar-refractivity contribution in [1.29, 1.82) is 0 Å². The van der Waals surface area contributed by atoms with Crippen molar-refractivity contribution in [3.63, 3.8) is 0 Å². The van der Waals surface area contributed by atoms with Crippen molar-refractivity contribution >= 4 is 17.2 Å². The van der Waals surface area contributed by atoms with E-state index < -0.39 is 0 Å². The van der Waals surface area contributed by atoms with Gasteiger partial charge in [0.25, 0.3) is 5.91 Å². The Hall–Kier alpha value is -2.73. The summed E-state index contributed by atoms with van der Waals surface area (Å²) in [7, 11) is 0. The highest BCUT2D eigenvalue weighted by Gasteiger charge is 2.07. The molecular weight excluding hydrogens is 375 g/mol. The van der Waals surface area contributed by atoms with E-state index in [9.17, 15) is 9.18 Å². The third kappa shape index (κ3) is 6.16. The van der Waals surface area contributed by atoms with Gasteiger partial charge in [0, 0.05) is 23.2 Å². The Morgan fingerprint density at radius 2 is 2.00 bits per heavy atom. The second-order valence-electron chi connectivity index (χ2n) is 6.54. The molecule has 3 rings (SSSR count). The van der Waals surface area contributed by atoms with Crippen molar-refractivity contribution in [2.24, 2.45) is 0 Å². The number of benzene rings is 2. The zero-order chi connectivity index (χ0) is 19.8. The topological polar surface area (TPSA) is 51.2 Å². The van der Waals surface area contributed by atoms with E-state index in [1.807, 2.05) is 6.92 Å². The molecule has 1 aromatic heterocycles. The minimum absolute atomic E-state index is 0.114. The standard InChI is InChI=1S/C22H23FN2O2S/c1-16-15-28-21(25-16)7-2-3-12-24-22(26)18-5-4-6-20(13-18)27-14-17-8-10-19(23)11-9-17/h4-6,8-11,13,15H,2-3,7,12,14H2,1H3,(H,24,26). The highest BCUT2D eigenvalue weighted by molar-refractivity contribution is 7.09. The van der Waals surface area contributed by atoms with Gasteiger partial charge in [-0.05, 0) is 62.1 Å². The molecule has 2 aromatic carbocycles. The maximum atomic E-state index is 12.9. The quantitative estimate of drug-likeness (QED) is 0.521. The predicted octanol–water partition coefficient (Wildman–Crippen LogP) is 4.92. The SMILES string of the molecule is Cc1csc(CCCCNC(=O)c2cccc(OCc3ccc(F)cc3)c2)n1. The van der Waals surface area contributed by atoms with E-state index in [1.165, 1.54) is 12.1 Å². The van der Waals surface area contributed by atoms with E-state index in [4.69, 9.17) is 4.74 Å². The van der Waals surface area contributed by atoms with Crippen LogP contribution in [0.3, 0.4) is 0 Å². The first kappa shape index (κ1) is 20.0. The average molecular weight is 399 g/mol. The summed E-state index contributed by atoms with van der Waals surface area (Å²) < 4.78 is 18.6. The number of hydrogen-bond donors (Lipinski definition) is 1. The first-order valence-electron chi connectivity index (χ1n) is 9.27. The van der Waals surface area contributed by atoms with E-state index in [2.05, 4.69) is 15.7 Å². The largest absolute Gasteiger partial charge is 0.489 e. The molecule has 0 bridgehead atoms. The lowest BCUT2D eigenvalue weighted by molar-refractivity contribution is 0.0952. The summed E-state index contributed by atoms with van der Waals surface area (Å²) in [4.78, 5) is 16.8. The lowest BCUT2D eigenvalue weighted by Crippen LogP contribution is -2.24. The summed E-state index contributed by atoms with van der Waals surface area (Å²) in [6, 6.07) is 13.2. The second-order valence-corrected chi connectivity index (χ2v) is 7.48. The van der Waals surface area contributed by atoms with Crippen LogP contribution in [0.4, 0.5) is 4.39 Å². The number of aryl methyl sites for hydroxylation is 2. The molecule has 0 saturated carbocycles. The number of halogens is 1. The van der Waals surface area contributed by atoms with Gasteiger partial charge in [0.1, 0.15) is 18.2 Å². The fourth-order valence-electron chi connectivity index (χ4n) is 2.70. The molecule has 0 radical (unpaired) electrons. The van der Waals surface area contributed by atoms with Crippen LogP contribution in [0.15, 0.2) is 53.9 Å². The van der Waals surface area contributed by atoms with Crippen LogP contribution >= 0.6 is 11.3 Å². The van der Waals surface area contributed by atoms with Gasteiger partial charge in [-0.15, -0.1) is 11.3 Å². The van der Waals surface area contributed by atoms with E-state index in [1.54, 1.807) is 47.7 Å². The molecule has 4 nitrogen and oxygen atoms in total. The van der Waals surface area contributed by atoms with Crippen LogP contribution in [0.25, 0.3) is 0 Å². The van der Waals surface area contributed by atoms with Crippen molar-refractivity contribution in [1.82, 2.24) is 10.3 Å². The van der Waals surface area contributed by atoms with Gasteiger partial charge in [-0.2, -0.15) is 0 Å². The molecule has 6 heteroatoms. The molecule has 0 spiro atoms. The van der Waals surface area contributed by atoms with Gasteiger partial charge in [0.2, 0.25) is 0 Å². The van der Waals surface area contributed by atoms with Gasteiger partial charge in [-0.1, -0.05) is 18.2 Å². The number of unbranched alkanes of at least 4 members (excludes halogenated alkanes) is 1. The molecule has 1 amide bonds. The van der Waals surface area contributed by atoms with E-state index >= 15 is 0 Å². The molecule has 0 saturated heterocycles. The van der Waals surface area contributed by atoms with Crippen molar-refractivity contribution in [3.05, 3.63) is 81.6 Å². The maximum Gasteiger partial charge on any atom is 0.251 e. The highest BCUT2D eigenvalue weighted by atomic mass is 32.1. The summed E-state index contributed by atoms with van der Waals surface area (Å²) in [6.07, 6.45) is 2.85. The van der Waals surface area contributed by atoms with Gasteiger partial charge < -0.3 is 10.1 Å². The Kier molecular flexibility index (Phi) is 7.14. The van der Waals surface area contributed by atoms with Gasteiger partial charge in [0.05, 0.1) is 5.01 Å². The minimum Gasteiger partial charge on any atom is -0.489 e. The molecule has 0 aliphatic heterocycles. The summed E-state index contributed by atoms with van der Waals surface area (Å²) in [5.41, 5.74) is 2.49. The molecule has 3 aromatic rings. The number of nitrogens with one attached hydrogen (secondary N) is 1. The fraction of sp³-hybridized carbons (Fsp3) is 0.273.